The van der Waals surface area contributed by atoms with Crippen molar-refractivity contribution in [1.29, 1.82) is 0 Å². The third-order valence-electron chi connectivity index (χ3n) is 10.4. The van der Waals surface area contributed by atoms with Crippen LogP contribution in [0.4, 0.5) is 0 Å². The van der Waals surface area contributed by atoms with Gasteiger partial charge in [-0.1, -0.05) is 38.1 Å². The Hall–Kier alpha value is -0.860. The van der Waals surface area contributed by atoms with Gasteiger partial charge >= 0.3 is 0 Å². The minimum atomic E-state index is 0.135. The summed E-state index contributed by atoms with van der Waals surface area (Å²) in [7, 11) is 0. The lowest BCUT2D eigenvalue weighted by molar-refractivity contribution is 0.0220. The van der Waals surface area contributed by atoms with Crippen molar-refractivity contribution in [2.24, 2.45) is 23.2 Å². The SMILES string of the molecule is CC(C)c1ccc(C(C)(C)N2CC3CC(C(C)(C)N4CCC5(CC4)CC5)CC3C2)cc1. The molecule has 4 fully saturated rings. The van der Waals surface area contributed by atoms with Gasteiger partial charge in [-0.05, 0) is 120 Å². The first-order valence-electron chi connectivity index (χ1n) is 13.2. The summed E-state index contributed by atoms with van der Waals surface area (Å²) in [5.41, 5.74) is 4.24. The van der Waals surface area contributed by atoms with Crippen LogP contribution in [0.5, 0.6) is 0 Å². The summed E-state index contributed by atoms with van der Waals surface area (Å²) in [6.45, 7) is 19.9. The largest absolute Gasteiger partial charge is 0.298 e. The highest BCUT2D eigenvalue weighted by molar-refractivity contribution is 5.29. The summed E-state index contributed by atoms with van der Waals surface area (Å²) < 4.78 is 0. The number of fused-ring (bicyclic) bond motifs is 1. The monoisotopic (exact) mass is 422 g/mol. The summed E-state index contributed by atoms with van der Waals surface area (Å²) in [6.07, 6.45) is 8.85. The average Bonchev–Trinajstić information content (AvgIpc) is 3.17. The summed E-state index contributed by atoms with van der Waals surface area (Å²) in [5.74, 6) is 3.29. The Morgan fingerprint density at radius 2 is 1.35 bits per heavy atom. The van der Waals surface area contributed by atoms with Crippen LogP contribution in [0, 0.1) is 23.2 Å². The van der Waals surface area contributed by atoms with Crippen LogP contribution in [0.25, 0.3) is 0 Å². The van der Waals surface area contributed by atoms with E-state index < -0.39 is 0 Å². The fourth-order valence-corrected chi connectivity index (χ4v) is 7.28. The highest BCUT2D eigenvalue weighted by Gasteiger charge is 2.52. The first kappa shape index (κ1) is 22.0. The predicted molar refractivity (Wildman–Crippen MR) is 131 cm³/mol. The van der Waals surface area contributed by atoms with Gasteiger partial charge in [0.1, 0.15) is 0 Å². The number of hydrogen-bond donors (Lipinski definition) is 0. The summed E-state index contributed by atoms with van der Waals surface area (Å²) in [4.78, 5) is 5.67. The Morgan fingerprint density at radius 1 is 0.806 bits per heavy atom. The van der Waals surface area contributed by atoms with E-state index in [2.05, 4.69) is 75.6 Å². The maximum absolute atomic E-state index is 2.88. The topological polar surface area (TPSA) is 6.48 Å². The third-order valence-corrected chi connectivity index (χ3v) is 10.4. The molecule has 0 bridgehead atoms. The number of piperidine rings is 1. The van der Waals surface area contributed by atoms with Crippen molar-refractivity contribution in [3.8, 4) is 0 Å². The molecule has 2 heteroatoms. The number of rotatable bonds is 5. The Morgan fingerprint density at radius 3 is 1.84 bits per heavy atom. The Balaban J connectivity index is 1.21. The van der Waals surface area contributed by atoms with Gasteiger partial charge in [-0.25, -0.2) is 0 Å². The molecule has 0 aromatic heterocycles. The van der Waals surface area contributed by atoms with E-state index in [1.54, 1.807) is 0 Å². The van der Waals surface area contributed by atoms with Crippen molar-refractivity contribution in [3.63, 3.8) is 0 Å². The standard InChI is InChI=1S/C29H46N2/c1-21(2)22-7-9-25(10-8-22)27(3,4)31-19-23-17-26(18-24(23)20-31)28(5,6)30-15-13-29(11-12-29)14-16-30/h7-10,21,23-24,26H,11-20H2,1-6H3. The van der Waals surface area contributed by atoms with Crippen LogP contribution in [-0.4, -0.2) is 41.5 Å². The maximum atomic E-state index is 2.88. The summed E-state index contributed by atoms with van der Waals surface area (Å²) in [6, 6.07) is 9.47. The lowest BCUT2D eigenvalue weighted by atomic mass is 9.80. The molecule has 2 saturated carbocycles. The van der Waals surface area contributed by atoms with E-state index in [1.165, 1.54) is 75.8 Å². The van der Waals surface area contributed by atoms with E-state index in [9.17, 15) is 0 Å². The molecule has 0 amide bonds. The summed E-state index contributed by atoms with van der Waals surface area (Å²) in [5, 5.41) is 0. The van der Waals surface area contributed by atoms with Gasteiger partial charge in [-0.2, -0.15) is 0 Å². The zero-order valence-corrected chi connectivity index (χ0v) is 21.1. The number of benzene rings is 1. The molecule has 2 nitrogen and oxygen atoms in total. The molecule has 4 aliphatic rings. The van der Waals surface area contributed by atoms with Crippen molar-refractivity contribution in [1.82, 2.24) is 9.80 Å². The smallest absolute Gasteiger partial charge is 0.0404 e. The Labute approximate surface area is 191 Å². The van der Waals surface area contributed by atoms with Crippen molar-refractivity contribution in [2.45, 2.75) is 97.1 Å². The van der Waals surface area contributed by atoms with Gasteiger partial charge in [-0.15, -0.1) is 0 Å². The van der Waals surface area contributed by atoms with Gasteiger partial charge < -0.3 is 0 Å². The quantitative estimate of drug-likeness (QED) is 0.523. The van der Waals surface area contributed by atoms with Crippen LogP contribution < -0.4 is 0 Å². The van der Waals surface area contributed by atoms with Gasteiger partial charge in [0.25, 0.3) is 0 Å². The van der Waals surface area contributed by atoms with E-state index in [0.717, 1.165) is 23.2 Å². The van der Waals surface area contributed by atoms with Crippen LogP contribution in [0.15, 0.2) is 24.3 Å². The third kappa shape index (κ3) is 3.90. The van der Waals surface area contributed by atoms with E-state index in [4.69, 9.17) is 0 Å². The molecule has 31 heavy (non-hydrogen) atoms. The minimum absolute atomic E-state index is 0.135. The molecule has 1 spiro atoms. The second kappa shape index (κ2) is 7.59. The molecule has 2 saturated heterocycles. The fraction of sp³-hybridized carbons (Fsp3) is 0.793. The second-order valence-corrected chi connectivity index (χ2v) is 13.1. The van der Waals surface area contributed by atoms with Crippen LogP contribution >= 0.6 is 0 Å². The van der Waals surface area contributed by atoms with Crippen LogP contribution in [0.1, 0.15) is 97.1 Å². The van der Waals surface area contributed by atoms with E-state index in [-0.39, 0.29) is 5.54 Å². The molecule has 172 valence electrons. The lowest BCUT2D eigenvalue weighted by Gasteiger charge is -2.47. The molecule has 1 aromatic carbocycles. The zero-order valence-electron chi connectivity index (χ0n) is 21.1. The zero-order chi connectivity index (χ0) is 22.0. The van der Waals surface area contributed by atoms with E-state index in [0.29, 0.717) is 11.5 Å². The van der Waals surface area contributed by atoms with E-state index >= 15 is 0 Å². The molecule has 2 atom stereocenters. The maximum Gasteiger partial charge on any atom is 0.0404 e. The first-order chi connectivity index (χ1) is 14.6. The highest BCUT2D eigenvalue weighted by Crippen LogP contribution is 2.56. The minimum Gasteiger partial charge on any atom is -0.298 e. The van der Waals surface area contributed by atoms with Gasteiger partial charge in [0.2, 0.25) is 0 Å². The van der Waals surface area contributed by atoms with Crippen LogP contribution in [-0.2, 0) is 5.54 Å². The predicted octanol–water partition coefficient (Wildman–Crippen LogP) is 6.66. The van der Waals surface area contributed by atoms with Crippen molar-refractivity contribution >= 4 is 0 Å². The molecule has 2 heterocycles. The first-order valence-corrected chi connectivity index (χ1v) is 13.2. The number of nitrogens with zero attached hydrogens (tertiary/aromatic N) is 2. The molecule has 5 rings (SSSR count). The Kier molecular flexibility index (Phi) is 5.38. The van der Waals surface area contributed by atoms with Gasteiger partial charge in [0.05, 0.1) is 0 Å². The molecule has 1 aromatic rings. The van der Waals surface area contributed by atoms with Crippen LogP contribution in [0.2, 0.25) is 0 Å². The molecule has 0 radical (unpaired) electrons. The molecule has 2 aliphatic carbocycles. The Bertz CT molecular complexity index is 761. The van der Waals surface area contributed by atoms with Gasteiger partial charge in [-0.3, -0.25) is 9.80 Å². The summed E-state index contributed by atoms with van der Waals surface area (Å²) >= 11 is 0. The normalized spacial score (nSPS) is 31.5. The average molecular weight is 423 g/mol. The molecular formula is C29H46N2. The van der Waals surface area contributed by atoms with Gasteiger partial charge in [0.15, 0.2) is 0 Å². The fourth-order valence-electron chi connectivity index (χ4n) is 7.28. The second-order valence-electron chi connectivity index (χ2n) is 13.1. The van der Waals surface area contributed by atoms with Crippen molar-refractivity contribution in [3.05, 3.63) is 35.4 Å². The molecular weight excluding hydrogens is 376 g/mol. The molecule has 2 unspecified atom stereocenters. The molecule has 0 N–H and O–H groups in total. The lowest BCUT2D eigenvalue weighted by Crippen LogP contribution is -2.52. The van der Waals surface area contributed by atoms with E-state index in [1.807, 2.05) is 0 Å². The number of hydrogen-bond acceptors (Lipinski definition) is 2. The van der Waals surface area contributed by atoms with Crippen molar-refractivity contribution < 1.29 is 0 Å². The highest BCUT2D eigenvalue weighted by atomic mass is 15.2. The van der Waals surface area contributed by atoms with Crippen LogP contribution in [0.3, 0.4) is 0 Å². The van der Waals surface area contributed by atoms with Crippen molar-refractivity contribution in [2.75, 3.05) is 26.2 Å². The molecule has 2 aliphatic heterocycles. The van der Waals surface area contributed by atoms with Gasteiger partial charge in [0, 0.05) is 24.2 Å². The number of likely N-dealkylation sites (tertiary alicyclic amines) is 2.